The van der Waals surface area contributed by atoms with Gasteiger partial charge in [0.15, 0.2) is 0 Å². The molecule has 0 spiro atoms. The standard InChI is InChI=1S/C25H38O2/c1-16-14-18-15-19(26)6-10-24(18,2)22-7-11-25(3)20(4-5-21(25)23(16)22)17-8-12-27-13-9-17/h4,14,16-17,19,21-23,26H,5-13,15H2,1-3H3/t16-,19+,21+,22+,23+,24+,25-/m1/s1. The van der Waals surface area contributed by atoms with E-state index in [1.165, 1.54) is 38.5 Å². The van der Waals surface area contributed by atoms with Crippen molar-refractivity contribution in [2.75, 3.05) is 13.2 Å². The monoisotopic (exact) mass is 370 g/mol. The summed E-state index contributed by atoms with van der Waals surface area (Å²) in [6.07, 6.45) is 14.8. The molecule has 0 bridgehead atoms. The lowest BCUT2D eigenvalue weighted by atomic mass is 9.45. The van der Waals surface area contributed by atoms with E-state index in [9.17, 15) is 5.11 Å². The number of rotatable bonds is 1. The highest BCUT2D eigenvalue weighted by Gasteiger charge is 2.58. The molecule has 0 aromatic heterocycles. The number of hydrogen-bond acceptors (Lipinski definition) is 2. The third-order valence-corrected chi connectivity index (χ3v) is 9.71. The quantitative estimate of drug-likeness (QED) is 0.616. The Labute approximate surface area is 165 Å². The molecule has 0 amide bonds. The van der Waals surface area contributed by atoms with Gasteiger partial charge in [-0.1, -0.05) is 44.1 Å². The zero-order valence-electron chi connectivity index (χ0n) is 17.5. The summed E-state index contributed by atoms with van der Waals surface area (Å²) in [6.45, 7) is 9.54. The lowest BCUT2D eigenvalue weighted by Crippen LogP contribution is -2.52. The first-order chi connectivity index (χ1) is 12.9. The lowest BCUT2D eigenvalue weighted by molar-refractivity contribution is -0.0519. The first-order valence-electron chi connectivity index (χ1n) is 11.6. The summed E-state index contributed by atoms with van der Waals surface area (Å²) < 4.78 is 5.66. The predicted molar refractivity (Wildman–Crippen MR) is 109 cm³/mol. The van der Waals surface area contributed by atoms with Crippen molar-refractivity contribution < 1.29 is 9.84 Å². The van der Waals surface area contributed by atoms with Crippen LogP contribution in [0.5, 0.6) is 0 Å². The Hall–Kier alpha value is -0.600. The second kappa shape index (κ2) is 6.46. The second-order valence-electron chi connectivity index (χ2n) is 10.9. The third-order valence-electron chi connectivity index (χ3n) is 9.71. The zero-order chi connectivity index (χ0) is 18.8. The smallest absolute Gasteiger partial charge is 0.0577 e. The molecule has 7 atom stereocenters. The topological polar surface area (TPSA) is 29.5 Å². The van der Waals surface area contributed by atoms with Gasteiger partial charge in [0.25, 0.3) is 0 Å². The minimum absolute atomic E-state index is 0.102. The highest BCUT2D eigenvalue weighted by molar-refractivity contribution is 5.32. The van der Waals surface area contributed by atoms with E-state index in [0.29, 0.717) is 16.7 Å². The van der Waals surface area contributed by atoms with E-state index in [2.05, 4.69) is 32.9 Å². The summed E-state index contributed by atoms with van der Waals surface area (Å²) in [5.41, 5.74) is 4.17. The van der Waals surface area contributed by atoms with Crippen LogP contribution in [-0.4, -0.2) is 24.4 Å². The zero-order valence-corrected chi connectivity index (χ0v) is 17.5. The highest BCUT2D eigenvalue weighted by Crippen LogP contribution is 2.67. The van der Waals surface area contributed by atoms with Gasteiger partial charge in [-0.15, -0.1) is 0 Å². The Morgan fingerprint density at radius 3 is 2.52 bits per heavy atom. The molecule has 5 aliphatic rings. The van der Waals surface area contributed by atoms with Crippen LogP contribution in [0, 0.1) is 40.4 Å². The maximum Gasteiger partial charge on any atom is 0.0577 e. The van der Waals surface area contributed by atoms with E-state index in [1.807, 2.05) is 0 Å². The van der Waals surface area contributed by atoms with Crippen LogP contribution in [0.3, 0.4) is 0 Å². The Balaban J connectivity index is 1.46. The van der Waals surface area contributed by atoms with Crippen LogP contribution in [0.2, 0.25) is 0 Å². The minimum Gasteiger partial charge on any atom is -0.393 e. The van der Waals surface area contributed by atoms with Gasteiger partial charge in [-0.2, -0.15) is 0 Å². The predicted octanol–water partition coefficient (Wildman–Crippen LogP) is 5.52. The van der Waals surface area contributed by atoms with Crippen LogP contribution in [0.15, 0.2) is 23.3 Å². The molecule has 2 saturated carbocycles. The SMILES string of the molecule is C[C@@H]1C=C2C[C@@H](O)CC[C@]2(C)[C@H]2CC[C@]3(C)C(C4CCOCC4)=CC[C@H]3[C@H]12. The summed E-state index contributed by atoms with van der Waals surface area (Å²) in [5.74, 6) is 3.90. The van der Waals surface area contributed by atoms with E-state index >= 15 is 0 Å². The Bertz CT molecular complexity index is 657. The van der Waals surface area contributed by atoms with Gasteiger partial charge in [-0.05, 0) is 91.8 Å². The van der Waals surface area contributed by atoms with Crippen molar-refractivity contribution in [1.82, 2.24) is 0 Å². The molecule has 0 aromatic rings. The van der Waals surface area contributed by atoms with E-state index < -0.39 is 0 Å². The van der Waals surface area contributed by atoms with Gasteiger partial charge in [-0.3, -0.25) is 0 Å². The normalized spacial score (nSPS) is 50.3. The molecule has 1 heterocycles. The summed E-state index contributed by atoms with van der Waals surface area (Å²) in [7, 11) is 0. The molecule has 1 N–H and O–H groups in total. The molecule has 4 aliphatic carbocycles. The average Bonchev–Trinajstić information content (AvgIpc) is 3.01. The van der Waals surface area contributed by atoms with Crippen LogP contribution >= 0.6 is 0 Å². The van der Waals surface area contributed by atoms with Crippen molar-refractivity contribution in [3.8, 4) is 0 Å². The van der Waals surface area contributed by atoms with E-state index in [-0.39, 0.29) is 6.10 Å². The van der Waals surface area contributed by atoms with Gasteiger partial charge in [0, 0.05) is 13.2 Å². The van der Waals surface area contributed by atoms with Crippen molar-refractivity contribution in [2.24, 2.45) is 40.4 Å². The van der Waals surface area contributed by atoms with Crippen molar-refractivity contribution in [2.45, 2.75) is 78.2 Å². The molecule has 2 nitrogen and oxygen atoms in total. The molecule has 3 fully saturated rings. The van der Waals surface area contributed by atoms with Crippen molar-refractivity contribution in [1.29, 1.82) is 0 Å². The van der Waals surface area contributed by atoms with Crippen LogP contribution in [0.1, 0.15) is 72.1 Å². The molecular formula is C25H38O2. The van der Waals surface area contributed by atoms with E-state index in [0.717, 1.165) is 49.7 Å². The molecule has 1 aliphatic heterocycles. The summed E-state index contributed by atoms with van der Waals surface area (Å²) in [4.78, 5) is 0. The van der Waals surface area contributed by atoms with Crippen molar-refractivity contribution in [3.63, 3.8) is 0 Å². The van der Waals surface area contributed by atoms with Crippen LogP contribution in [0.25, 0.3) is 0 Å². The summed E-state index contributed by atoms with van der Waals surface area (Å²) >= 11 is 0. The van der Waals surface area contributed by atoms with Gasteiger partial charge in [-0.25, -0.2) is 0 Å². The van der Waals surface area contributed by atoms with Gasteiger partial charge in [0.1, 0.15) is 0 Å². The maximum atomic E-state index is 10.3. The fourth-order valence-electron chi connectivity index (χ4n) is 8.25. The van der Waals surface area contributed by atoms with E-state index in [4.69, 9.17) is 4.74 Å². The van der Waals surface area contributed by atoms with Gasteiger partial charge in [0.05, 0.1) is 6.10 Å². The number of fused-ring (bicyclic) bond motifs is 5. The molecule has 27 heavy (non-hydrogen) atoms. The molecule has 1 saturated heterocycles. The minimum atomic E-state index is -0.102. The fraction of sp³-hybridized carbons (Fsp3) is 0.840. The number of aliphatic hydroxyl groups is 1. The molecular weight excluding hydrogens is 332 g/mol. The number of ether oxygens (including phenoxy) is 1. The van der Waals surface area contributed by atoms with Crippen LogP contribution in [-0.2, 0) is 4.74 Å². The number of allylic oxidation sites excluding steroid dienone is 3. The molecule has 150 valence electrons. The Morgan fingerprint density at radius 2 is 1.74 bits per heavy atom. The molecule has 0 radical (unpaired) electrons. The number of aliphatic hydroxyl groups excluding tert-OH is 1. The lowest BCUT2D eigenvalue weighted by Gasteiger charge is -2.60. The average molecular weight is 371 g/mol. The molecule has 0 aromatic carbocycles. The molecule has 2 heteroatoms. The number of hydrogen-bond donors (Lipinski definition) is 1. The first-order valence-corrected chi connectivity index (χ1v) is 11.6. The summed E-state index contributed by atoms with van der Waals surface area (Å²) in [5, 5.41) is 10.3. The summed E-state index contributed by atoms with van der Waals surface area (Å²) in [6, 6.07) is 0. The van der Waals surface area contributed by atoms with Crippen LogP contribution < -0.4 is 0 Å². The van der Waals surface area contributed by atoms with Crippen molar-refractivity contribution >= 4 is 0 Å². The second-order valence-corrected chi connectivity index (χ2v) is 10.9. The van der Waals surface area contributed by atoms with Crippen LogP contribution in [0.4, 0.5) is 0 Å². The van der Waals surface area contributed by atoms with Gasteiger partial charge < -0.3 is 9.84 Å². The Morgan fingerprint density at radius 1 is 1.00 bits per heavy atom. The van der Waals surface area contributed by atoms with E-state index in [1.54, 1.807) is 11.1 Å². The third kappa shape index (κ3) is 2.65. The van der Waals surface area contributed by atoms with Crippen molar-refractivity contribution in [3.05, 3.63) is 23.3 Å². The maximum absolute atomic E-state index is 10.3. The molecule has 0 unspecified atom stereocenters. The Kier molecular flexibility index (Phi) is 4.41. The highest BCUT2D eigenvalue weighted by atomic mass is 16.5. The largest absolute Gasteiger partial charge is 0.393 e. The fourth-order valence-corrected chi connectivity index (χ4v) is 8.25. The van der Waals surface area contributed by atoms with Gasteiger partial charge >= 0.3 is 0 Å². The molecule has 5 rings (SSSR count). The van der Waals surface area contributed by atoms with Gasteiger partial charge in [0.2, 0.25) is 0 Å². The first kappa shape index (κ1) is 18.4.